The number of nitrogens with one attached hydrogen (secondary N) is 1. The number of guanidine groups is 1. The van der Waals surface area contributed by atoms with Crippen molar-refractivity contribution in [2.24, 2.45) is 4.99 Å². The van der Waals surface area contributed by atoms with Gasteiger partial charge in [-0.25, -0.2) is 0 Å². The zero-order valence-corrected chi connectivity index (χ0v) is 19.2. The smallest absolute Gasteiger partial charge is 0.194 e. The second-order valence-electron chi connectivity index (χ2n) is 6.26. The zero-order chi connectivity index (χ0) is 18.2. The van der Waals surface area contributed by atoms with Gasteiger partial charge in [-0.05, 0) is 48.6 Å². The standard InChI is InChI=1S/C20H28N4OS.HI/c1-3-21-20(22-11-10-17-6-8-18(25-2)9-7-17)24-14-12-23(13-15-24)19-5-4-16-26-19;/h4-9,16H,3,10-15H2,1-2H3,(H,21,22);1H. The molecule has 7 heteroatoms. The van der Waals surface area contributed by atoms with E-state index in [1.165, 1.54) is 10.6 Å². The molecule has 1 aromatic carbocycles. The van der Waals surface area contributed by atoms with Crippen LogP contribution < -0.4 is 15.0 Å². The van der Waals surface area contributed by atoms with Crippen molar-refractivity contribution in [1.29, 1.82) is 0 Å². The van der Waals surface area contributed by atoms with Crippen LogP contribution in [-0.2, 0) is 6.42 Å². The molecule has 0 amide bonds. The molecule has 3 rings (SSSR count). The Bertz CT molecular complexity index is 683. The molecule has 0 spiro atoms. The molecule has 27 heavy (non-hydrogen) atoms. The Kier molecular flexibility index (Phi) is 9.20. The van der Waals surface area contributed by atoms with Crippen LogP contribution in [-0.4, -0.2) is 57.2 Å². The number of benzene rings is 1. The first-order valence-corrected chi connectivity index (χ1v) is 10.1. The van der Waals surface area contributed by atoms with Crippen LogP contribution in [0.25, 0.3) is 0 Å². The summed E-state index contributed by atoms with van der Waals surface area (Å²) in [6, 6.07) is 12.6. The van der Waals surface area contributed by atoms with Crippen LogP contribution in [0.4, 0.5) is 5.00 Å². The maximum atomic E-state index is 5.21. The number of aliphatic imine (C=N–C) groups is 1. The summed E-state index contributed by atoms with van der Waals surface area (Å²) in [5.74, 6) is 1.93. The van der Waals surface area contributed by atoms with Gasteiger partial charge >= 0.3 is 0 Å². The summed E-state index contributed by atoms with van der Waals surface area (Å²) in [4.78, 5) is 9.68. The van der Waals surface area contributed by atoms with E-state index < -0.39 is 0 Å². The Balaban J connectivity index is 0.00000261. The van der Waals surface area contributed by atoms with E-state index in [0.29, 0.717) is 0 Å². The number of halogens is 1. The highest BCUT2D eigenvalue weighted by atomic mass is 127. The number of ether oxygens (including phenoxy) is 1. The highest BCUT2D eigenvalue weighted by molar-refractivity contribution is 14.0. The monoisotopic (exact) mass is 500 g/mol. The summed E-state index contributed by atoms with van der Waals surface area (Å²) in [7, 11) is 1.69. The molecule has 148 valence electrons. The maximum Gasteiger partial charge on any atom is 0.194 e. The maximum absolute atomic E-state index is 5.21. The van der Waals surface area contributed by atoms with E-state index in [-0.39, 0.29) is 24.0 Å². The molecule has 1 N–H and O–H groups in total. The van der Waals surface area contributed by atoms with Gasteiger partial charge in [-0.3, -0.25) is 4.99 Å². The van der Waals surface area contributed by atoms with E-state index in [4.69, 9.17) is 9.73 Å². The van der Waals surface area contributed by atoms with E-state index in [1.807, 2.05) is 23.5 Å². The first kappa shape index (κ1) is 21.8. The number of hydrogen-bond acceptors (Lipinski definition) is 4. The number of methoxy groups -OCH3 is 1. The van der Waals surface area contributed by atoms with Crippen molar-refractivity contribution in [3.63, 3.8) is 0 Å². The van der Waals surface area contributed by atoms with Crippen LogP contribution in [0.5, 0.6) is 5.75 Å². The van der Waals surface area contributed by atoms with E-state index >= 15 is 0 Å². The number of thiophene rings is 1. The summed E-state index contributed by atoms with van der Waals surface area (Å²) < 4.78 is 5.21. The Morgan fingerprint density at radius 1 is 1.15 bits per heavy atom. The third-order valence-corrected chi connectivity index (χ3v) is 5.48. The molecule has 1 saturated heterocycles. The van der Waals surface area contributed by atoms with Crippen molar-refractivity contribution in [2.45, 2.75) is 13.3 Å². The fourth-order valence-electron chi connectivity index (χ4n) is 3.10. The Hall–Kier alpha value is -1.48. The fourth-order valence-corrected chi connectivity index (χ4v) is 3.88. The summed E-state index contributed by atoms with van der Waals surface area (Å²) in [6.07, 6.45) is 0.939. The number of hydrogen-bond donors (Lipinski definition) is 1. The summed E-state index contributed by atoms with van der Waals surface area (Å²) in [6.45, 7) is 7.92. The second kappa shape index (κ2) is 11.4. The van der Waals surface area contributed by atoms with Crippen molar-refractivity contribution in [2.75, 3.05) is 51.3 Å². The lowest BCUT2D eigenvalue weighted by Crippen LogP contribution is -2.52. The summed E-state index contributed by atoms with van der Waals surface area (Å²) in [5, 5.41) is 6.96. The minimum absolute atomic E-state index is 0. The molecule has 5 nitrogen and oxygen atoms in total. The van der Waals surface area contributed by atoms with Gasteiger partial charge in [-0.2, -0.15) is 0 Å². The Morgan fingerprint density at radius 2 is 1.89 bits per heavy atom. The minimum Gasteiger partial charge on any atom is -0.497 e. The van der Waals surface area contributed by atoms with Crippen molar-refractivity contribution >= 4 is 46.3 Å². The lowest BCUT2D eigenvalue weighted by molar-refractivity contribution is 0.373. The molecule has 0 aliphatic carbocycles. The molecule has 0 unspecified atom stereocenters. The van der Waals surface area contributed by atoms with E-state index in [0.717, 1.165) is 57.4 Å². The Labute approximate surface area is 183 Å². The normalized spacial score (nSPS) is 14.7. The van der Waals surface area contributed by atoms with E-state index in [2.05, 4.69) is 51.7 Å². The lowest BCUT2D eigenvalue weighted by Gasteiger charge is -2.37. The van der Waals surface area contributed by atoms with Crippen molar-refractivity contribution in [3.05, 3.63) is 47.3 Å². The Morgan fingerprint density at radius 3 is 2.48 bits per heavy atom. The van der Waals surface area contributed by atoms with Crippen LogP contribution >= 0.6 is 35.3 Å². The van der Waals surface area contributed by atoms with Gasteiger partial charge in [0, 0.05) is 39.3 Å². The molecule has 2 heterocycles. The van der Waals surface area contributed by atoms with Gasteiger partial charge in [-0.15, -0.1) is 35.3 Å². The molecule has 1 aliphatic rings. The van der Waals surface area contributed by atoms with Crippen LogP contribution in [0.3, 0.4) is 0 Å². The first-order chi connectivity index (χ1) is 12.8. The van der Waals surface area contributed by atoms with Gasteiger partial charge in [0.2, 0.25) is 0 Å². The molecule has 1 fully saturated rings. The van der Waals surface area contributed by atoms with Gasteiger partial charge < -0.3 is 19.9 Å². The third kappa shape index (κ3) is 6.27. The van der Waals surface area contributed by atoms with E-state index in [9.17, 15) is 0 Å². The van der Waals surface area contributed by atoms with E-state index in [1.54, 1.807) is 7.11 Å². The molecule has 1 aromatic heterocycles. The number of rotatable bonds is 6. The van der Waals surface area contributed by atoms with Crippen LogP contribution in [0.15, 0.2) is 46.8 Å². The van der Waals surface area contributed by atoms with Gasteiger partial charge in [0.25, 0.3) is 0 Å². The van der Waals surface area contributed by atoms with Crippen LogP contribution in [0, 0.1) is 0 Å². The predicted octanol–water partition coefficient (Wildman–Crippen LogP) is 3.70. The first-order valence-electron chi connectivity index (χ1n) is 9.25. The predicted molar refractivity (Wildman–Crippen MR) is 126 cm³/mol. The summed E-state index contributed by atoms with van der Waals surface area (Å²) >= 11 is 1.82. The molecule has 0 atom stereocenters. The van der Waals surface area contributed by atoms with Gasteiger partial charge in [0.1, 0.15) is 5.75 Å². The average Bonchev–Trinajstić information content (AvgIpc) is 3.23. The number of piperazine rings is 1. The fraction of sp³-hybridized carbons (Fsp3) is 0.450. The average molecular weight is 500 g/mol. The molecule has 2 aromatic rings. The number of nitrogens with zero attached hydrogens (tertiary/aromatic N) is 3. The van der Waals surface area contributed by atoms with Crippen molar-refractivity contribution in [1.82, 2.24) is 10.2 Å². The molecule has 1 aliphatic heterocycles. The highest BCUT2D eigenvalue weighted by Crippen LogP contribution is 2.22. The molecule has 0 bridgehead atoms. The van der Waals surface area contributed by atoms with Crippen molar-refractivity contribution < 1.29 is 4.74 Å². The van der Waals surface area contributed by atoms with Gasteiger partial charge in [0.15, 0.2) is 5.96 Å². The zero-order valence-electron chi connectivity index (χ0n) is 16.1. The summed E-state index contributed by atoms with van der Waals surface area (Å²) in [5.41, 5.74) is 1.29. The number of anilines is 1. The SMILES string of the molecule is CCNC(=NCCc1ccc(OC)cc1)N1CCN(c2cccs2)CC1.I. The second-order valence-corrected chi connectivity index (χ2v) is 7.19. The minimum atomic E-state index is 0. The molecular formula is C20H29IN4OS. The van der Waals surface area contributed by atoms with Crippen molar-refractivity contribution in [3.8, 4) is 5.75 Å². The largest absolute Gasteiger partial charge is 0.497 e. The lowest BCUT2D eigenvalue weighted by atomic mass is 10.1. The van der Waals surface area contributed by atoms with Gasteiger partial charge in [0.05, 0.1) is 12.1 Å². The third-order valence-electron chi connectivity index (χ3n) is 4.55. The van der Waals surface area contributed by atoms with Crippen LogP contribution in [0.2, 0.25) is 0 Å². The molecular weight excluding hydrogens is 471 g/mol. The molecule has 0 radical (unpaired) electrons. The topological polar surface area (TPSA) is 40.1 Å². The van der Waals surface area contributed by atoms with Gasteiger partial charge in [-0.1, -0.05) is 12.1 Å². The highest BCUT2D eigenvalue weighted by Gasteiger charge is 2.20. The molecule has 0 saturated carbocycles. The van der Waals surface area contributed by atoms with Crippen LogP contribution in [0.1, 0.15) is 12.5 Å². The quantitative estimate of drug-likeness (QED) is 0.373.